The predicted octanol–water partition coefficient (Wildman–Crippen LogP) is 3.49. The van der Waals surface area contributed by atoms with Crippen LogP contribution in [-0.2, 0) is 18.3 Å². The van der Waals surface area contributed by atoms with Crippen molar-refractivity contribution in [2.24, 2.45) is 13.0 Å². The minimum absolute atomic E-state index is 0.383. The summed E-state index contributed by atoms with van der Waals surface area (Å²) in [6, 6.07) is 16.9. The normalized spacial score (nSPS) is 14.1. The highest BCUT2D eigenvalue weighted by Gasteiger charge is 2.26. The van der Waals surface area contributed by atoms with Crippen LogP contribution in [0.3, 0.4) is 0 Å². The molecule has 0 radical (unpaired) electrons. The van der Waals surface area contributed by atoms with Gasteiger partial charge in [-0.25, -0.2) is 10.2 Å². The Balaban J connectivity index is 1.66. The number of aryl methyl sites for hydroxylation is 1. The van der Waals surface area contributed by atoms with Gasteiger partial charge in [-0.2, -0.15) is 10.2 Å². The molecule has 0 spiro atoms. The zero-order valence-electron chi connectivity index (χ0n) is 17.7. The van der Waals surface area contributed by atoms with Gasteiger partial charge in [0.05, 0.1) is 11.2 Å². The lowest BCUT2D eigenvalue weighted by Crippen LogP contribution is -2.33. The number of carbonyl (C=O) groups excluding carboxylic acids is 1. The van der Waals surface area contributed by atoms with E-state index < -0.39 is 11.9 Å². The lowest BCUT2D eigenvalue weighted by atomic mass is 10.0. The highest BCUT2D eigenvalue weighted by Crippen LogP contribution is 2.30. The Labute approximate surface area is 185 Å². The number of aromatic nitrogens is 4. The maximum Gasteiger partial charge on any atom is 0.268 e. The van der Waals surface area contributed by atoms with Crippen LogP contribution in [0, 0.1) is 17.8 Å². The number of fused-ring (bicyclic) bond motifs is 1. The van der Waals surface area contributed by atoms with Gasteiger partial charge < -0.3 is 0 Å². The Bertz CT molecular complexity index is 1340. The Kier molecular flexibility index (Phi) is 5.21. The van der Waals surface area contributed by atoms with E-state index in [0.717, 1.165) is 40.6 Å². The molecule has 0 saturated heterocycles. The summed E-state index contributed by atoms with van der Waals surface area (Å²) in [6.07, 6.45) is 4.35. The van der Waals surface area contributed by atoms with E-state index in [9.17, 15) is 10.0 Å². The summed E-state index contributed by atoms with van der Waals surface area (Å²) >= 11 is 0. The first-order valence-electron chi connectivity index (χ1n) is 10.6. The Morgan fingerprint density at radius 1 is 1.22 bits per heavy atom. The molecular weight excluding hydrogens is 402 g/mol. The monoisotopic (exact) mass is 425 g/mol. The lowest BCUT2D eigenvalue weighted by Gasteiger charge is -2.17. The second-order valence-electron chi connectivity index (χ2n) is 8.09. The molecule has 2 aromatic carbocycles. The van der Waals surface area contributed by atoms with Crippen molar-refractivity contribution in [3.8, 4) is 23.1 Å². The van der Waals surface area contributed by atoms with Gasteiger partial charge in [0.25, 0.3) is 5.91 Å². The number of hydrogen-bond acceptors (Lipinski definition) is 4. The molecule has 0 bridgehead atoms. The third-order valence-corrected chi connectivity index (χ3v) is 5.76. The second-order valence-corrected chi connectivity index (χ2v) is 8.09. The summed E-state index contributed by atoms with van der Waals surface area (Å²) in [4.78, 5) is 12.7. The molecule has 7 heteroatoms. The molecule has 1 unspecified atom stereocenters. The summed E-state index contributed by atoms with van der Waals surface area (Å²) in [5.41, 5.74) is 6.19. The molecule has 1 amide bonds. The number of hydroxylamine groups is 1. The molecule has 1 saturated carbocycles. The maximum atomic E-state index is 12.7. The Hall–Kier alpha value is -3.89. The molecule has 1 aliphatic carbocycles. The lowest BCUT2D eigenvalue weighted by molar-refractivity contribution is -0.132. The van der Waals surface area contributed by atoms with E-state index in [2.05, 4.69) is 16.9 Å². The first-order chi connectivity index (χ1) is 15.6. The highest BCUT2D eigenvalue weighted by molar-refractivity contribution is 5.89. The number of rotatable bonds is 5. The van der Waals surface area contributed by atoms with Gasteiger partial charge in [-0.05, 0) is 42.5 Å². The second kappa shape index (κ2) is 8.33. The standard InChI is InChI=1S/C25H23N5O2/c1-29-22(13-14-26-29)19-10-11-21-20(16-19)23(12-9-17-7-8-17)30(27-21)24(25(31)28-32)15-18-5-3-2-4-6-18/h2-6,10-11,13-14,16-17,24,32H,7-8,15H2,1H3,(H,28,31). The Morgan fingerprint density at radius 2 is 2.03 bits per heavy atom. The number of amides is 1. The van der Waals surface area contributed by atoms with Crippen molar-refractivity contribution in [2.75, 3.05) is 0 Å². The number of benzene rings is 2. The van der Waals surface area contributed by atoms with Gasteiger partial charge in [-0.3, -0.25) is 14.7 Å². The van der Waals surface area contributed by atoms with Crippen molar-refractivity contribution in [1.82, 2.24) is 25.0 Å². The fourth-order valence-electron chi connectivity index (χ4n) is 3.87. The molecule has 2 N–H and O–H groups in total. The van der Waals surface area contributed by atoms with Crippen LogP contribution in [0.5, 0.6) is 0 Å². The third-order valence-electron chi connectivity index (χ3n) is 5.76. The van der Waals surface area contributed by atoms with Gasteiger partial charge in [0.15, 0.2) is 0 Å². The number of carbonyl (C=O) groups is 1. The third kappa shape index (κ3) is 3.88. The minimum atomic E-state index is -0.738. The fraction of sp³-hybridized carbons (Fsp3) is 0.240. The topological polar surface area (TPSA) is 85.0 Å². The summed E-state index contributed by atoms with van der Waals surface area (Å²) in [5, 5.41) is 19.3. The first-order valence-corrected chi connectivity index (χ1v) is 10.6. The summed E-state index contributed by atoms with van der Waals surface area (Å²) in [7, 11) is 1.90. The molecule has 1 aliphatic rings. The summed E-state index contributed by atoms with van der Waals surface area (Å²) in [5.74, 6) is 6.48. The van der Waals surface area contributed by atoms with Crippen LogP contribution in [0.1, 0.15) is 30.1 Å². The molecule has 2 aromatic heterocycles. The van der Waals surface area contributed by atoms with Crippen molar-refractivity contribution in [1.29, 1.82) is 0 Å². The molecule has 160 valence electrons. The molecule has 32 heavy (non-hydrogen) atoms. The van der Waals surface area contributed by atoms with Gasteiger partial charge in [0.1, 0.15) is 11.7 Å². The smallest absolute Gasteiger partial charge is 0.268 e. The van der Waals surface area contributed by atoms with E-state index in [1.54, 1.807) is 10.9 Å². The summed E-state index contributed by atoms with van der Waals surface area (Å²) in [6.45, 7) is 0. The van der Waals surface area contributed by atoms with E-state index in [0.29, 0.717) is 18.0 Å². The number of hydrogen-bond donors (Lipinski definition) is 2. The van der Waals surface area contributed by atoms with Crippen LogP contribution in [0.4, 0.5) is 0 Å². The Morgan fingerprint density at radius 3 is 2.72 bits per heavy atom. The van der Waals surface area contributed by atoms with Crippen LogP contribution in [0.25, 0.3) is 22.2 Å². The SMILES string of the molecule is Cn1nccc1-c1ccc2nn(C(Cc3ccccc3)C(=O)NO)c(C#CC3CC3)c2c1. The molecule has 2 heterocycles. The molecule has 1 fully saturated rings. The maximum absolute atomic E-state index is 12.7. The van der Waals surface area contributed by atoms with Crippen LogP contribution < -0.4 is 5.48 Å². The van der Waals surface area contributed by atoms with Crippen LogP contribution in [-0.4, -0.2) is 30.7 Å². The van der Waals surface area contributed by atoms with Crippen molar-refractivity contribution in [3.63, 3.8) is 0 Å². The van der Waals surface area contributed by atoms with Gasteiger partial charge in [-0.1, -0.05) is 42.3 Å². The van der Waals surface area contributed by atoms with Crippen molar-refractivity contribution >= 4 is 16.8 Å². The first kappa shape index (κ1) is 20.0. The van der Waals surface area contributed by atoms with E-state index >= 15 is 0 Å². The number of nitrogens with one attached hydrogen (secondary N) is 1. The molecule has 7 nitrogen and oxygen atoms in total. The molecule has 4 aromatic rings. The van der Waals surface area contributed by atoms with E-state index in [-0.39, 0.29) is 0 Å². The average Bonchev–Trinajstić information content (AvgIpc) is 3.44. The van der Waals surface area contributed by atoms with E-state index in [1.165, 1.54) is 0 Å². The zero-order chi connectivity index (χ0) is 22.1. The van der Waals surface area contributed by atoms with Gasteiger partial charge in [0.2, 0.25) is 0 Å². The van der Waals surface area contributed by atoms with Gasteiger partial charge >= 0.3 is 0 Å². The largest absolute Gasteiger partial charge is 0.289 e. The van der Waals surface area contributed by atoms with E-state index in [4.69, 9.17) is 5.10 Å². The average molecular weight is 425 g/mol. The van der Waals surface area contributed by atoms with Crippen LogP contribution in [0.15, 0.2) is 60.8 Å². The fourth-order valence-corrected chi connectivity index (χ4v) is 3.87. The minimum Gasteiger partial charge on any atom is -0.289 e. The van der Waals surface area contributed by atoms with Crippen molar-refractivity contribution < 1.29 is 10.0 Å². The summed E-state index contributed by atoms with van der Waals surface area (Å²) < 4.78 is 3.48. The highest BCUT2D eigenvalue weighted by atomic mass is 16.5. The molecule has 1 atom stereocenters. The van der Waals surface area contributed by atoms with Crippen LogP contribution >= 0.6 is 0 Å². The van der Waals surface area contributed by atoms with Crippen molar-refractivity contribution in [2.45, 2.75) is 25.3 Å². The van der Waals surface area contributed by atoms with Gasteiger partial charge in [0, 0.05) is 36.5 Å². The molecule has 0 aliphatic heterocycles. The van der Waals surface area contributed by atoms with Gasteiger partial charge in [-0.15, -0.1) is 0 Å². The number of nitrogens with zero attached hydrogens (tertiary/aromatic N) is 4. The zero-order valence-corrected chi connectivity index (χ0v) is 17.7. The van der Waals surface area contributed by atoms with Crippen LogP contribution in [0.2, 0.25) is 0 Å². The molecule has 5 rings (SSSR count). The quantitative estimate of drug-likeness (QED) is 0.291. The van der Waals surface area contributed by atoms with E-state index in [1.807, 2.05) is 71.8 Å². The van der Waals surface area contributed by atoms with Crippen molar-refractivity contribution in [3.05, 3.63) is 72.1 Å². The predicted molar refractivity (Wildman–Crippen MR) is 121 cm³/mol. The molecular formula is C25H23N5O2.